The third-order valence-electron chi connectivity index (χ3n) is 4.72. The second kappa shape index (κ2) is 11.8. The van der Waals surface area contributed by atoms with Gasteiger partial charge in [-0.2, -0.15) is 0 Å². The molecule has 2 heterocycles. The zero-order valence-corrected chi connectivity index (χ0v) is 19.2. The molecule has 0 spiro atoms. The van der Waals surface area contributed by atoms with Crippen LogP contribution in [-0.2, 0) is 6.42 Å². The van der Waals surface area contributed by atoms with E-state index in [0.29, 0.717) is 18.9 Å². The van der Waals surface area contributed by atoms with Gasteiger partial charge in [-0.15, -0.1) is 24.0 Å². The number of aliphatic imine (C=N–C) groups is 1. The quantitative estimate of drug-likeness (QED) is 0.339. The predicted molar refractivity (Wildman–Crippen MR) is 126 cm³/mol. The van der Waals surface area contributed by atoms with E-state index in [1.807, 2.05) is 30.0 Å². The average molecular weight is 513 g/mol. The van der Waals surface area contributed by atoms with Gasteiger partial charge in [-0.1, -0.05) is 12.1 Å². The minimum Gasteiger partial charge on any atom is -0.497 e. The van der Waals surface area contributed by atoms with Crippen LogP contribution in [-0.4, -0.2) is 50.3 Å². The summed E-state index contributed by atoms with van der Waals surface area (Å²) in [5.74, 6) is 1.80. The van der Waals surface area contributed by atoms with Crippen molar-refractivity contribution in [3.05, 3.63) is 54.0 Å². The topological polar surface area (TPSA) is 61.8 Å². The first-order valence-corrected chi connectivity index (χ1v) is 9.73. The first-order valence-electron chi connectivity index (χ1n) is 9.73. The lowest BCUT2D eigenvalue weighted by atomic mass is 10.1. The highest BCUT2D eigenvalue weighted by molar-refractivity contribution is 14.0. The number of guanidine groups is 1. The molecular weight excluding hydrogens is 484 g/mol. The van der Waals surface area contributed by atoms with Gasteiger partial charge in [-0.25, -0.2) is 9.37 Å². The van der Waals surface area contributed by atoms with Crippen molar-refractivity contribution < 1.29 is 9.13 Å². The number of hydrogen-bond donors (Lipinski definition) is 2. The van der Waals surface area contributed by atoms with Crippen molar-refractivity contribution in [3.63, 3.8) is 0 Å². The Hall–Kier alpha value is -2.10. The molecule has 1 atom stereocenters. The fourth-order valence-electron chi connectivity index (χ4n) is 3.32. The van der Waals surface area contributed by atoms with Crippen molar-refractivity contribution in [1.29, 1.82) is 0 Å². The Morgan fingerprint density at radius 2 is 2.21 bits per heavy atom. The van der Waals surface area contributed by atoms with Gasteiger partial charge in [0.25, 0.3) is 0 Å². The van der Waals surface area contributed by atoms with E-state index in [1.165, 1.54) is 11.6 Å². The molecule has 2 aromatic rings. The molecule has 1 saturated heterocycles. The zero-order chi connectivity index (χ0) is 19.8. The predicted octanol–water partition coefficient (Wildman–Crippen LogP) is 3.22. The van der Waals surface area contributed by atoms with Crippen LogP contribution in [0, 0.1) is 5.82 Å². The van der Waals surface area contributed by atoms with Gasteiger partial charge in [0.2, 0.25) is 0 Å². The summed E-state index contributed by atoms with van der Waals surface area (Å²) < 4.78 is 19.2. The van der Waals surface area contributed by atoms with E-state index in [2.05, 4.69) is 26.7 Å². The maximum atomic E-state index is 14.0. The Bertz CT molecular complexity index is 804. The van der Waals surface area contributed by atoms with Crippen molar-refractivity contribution in [2.45, 2.75) is 25.8 Å². The number of nitrogens with one attached hydrogen (secondary N) is 2. The third kappa shape index (κ3) is 6.73. The second-order valence-corrected chi connectivity index (χ2v) is 6.75. The van der Waals surface area contributed by atoms with E-state index in [9.17, 15) is 4.39 Å². The van der Waals surface area contributed by atoms with E-state index in [4.69, 9.17) is 4.74 Å². The van der Waals surface area contributed by atoms with Crippen molar-refractivity contribution in [2.24, 2.45) is 4.99 Å². The highest BCUT2D eigenvalue weighted by Gasteiger charge is 2.25. The van der Waals surface area contributed by atoms with E-state index in [0.717, 1.165) is 37.6 Å². The van der Waals surface area contributed by atoms with Gasteiger partial charge in [-0.3, -0.25) is 4.99 Å². The van der Waals surface area contributed by atoms with E-state index in [1.54, 1.807) is 19.4 Å². The monoisotopic (exact) mass is 513 g/mol. The summed E-state index contributed by atoms with van der Waals surface area (Å²) in [6.07, 6.45) is 3.38. The summed E-state index contributed by atoms with van der Waals surface area (Å²) in [5, 5.41) is 6.76. The van der Waals surface area contributed by atoms with Gasteiger partial charge >= 0.3 is 0 Å². The molecule has 1 aromatic heterocycles. The molecular formula is C21H29FIN5O. The minimum atomic E-state index is -0.276. The van der Waals surface area contributed by atoms with Crippen LogP contribution in [0.25, 0.3) is 0 Å². The Morgan fingerprint density at radius 3 is 2.97 bits per heavy atom. The maximum Gasteiger partial charge on any atom is 0.191 e. The van der Waals surface area contributed by atoms with Crippen LogP contribution < -0.4 is 20.3 Å². The van der Waals surface area contributed by atoms with Crippen LogP contribution in [0.2, 0.25) is 0 Å². The highest BCUT2D eigenvalue weighted by Crippen LogP contribution is 2.20. The number of nitrogens with zero attached hydrogens (tertiary/aromatic N) is 3. The van der Waals surface area contributed by atoms with E-state index < -0.39 is 0 Å². The molecule has 8 heteroatoms. The van der Waals surface area contributed by atoms with Crippen molar-refractivity contribution in [1.82, 2.24) is 15.6 Å². The van der Waals surface area contributed by atoms with Gasteiger partial charge in [0.05, 0.1) is 7.11 Å². The molecule has 29 heavy (non-hydrogen) atoms. The number of anilines is 1. The average Bonchev–Trinajstić information content (AvgIpc) is 3.17. The Morgan fingerprint density at radius 1 is 1.34 bits per heavy atom. The normalized spacial score (nSPS) is 16.3. The van der Waals surface area contributed by atoms with Gasteiger partial charge < -0.3 is 20.3 Å². The molecule has 2 N–H and O–H groups in total. The van der Waals surface area contributed by atoms with Crippen LogP contribution >= 0.6 is 24.0 Å². The van der Waals surface area contributed by atoms with Crippen LogP contribution in [0.4, 0.5) is 10.2 Å². The van der Waals surface area contributed by atoms with Crippen LogP contribution in [0.3, 0.4) is 0 Å². The van der Waals surface area contributed by atoms with E-state index >= 15 is 0 Å². The van der Waals surface area contributed by atoms with Crippen molar-refractivity contribution >= 4 is 35.8 Å². The molecule has 1 aromatic carbocycles. The third-order valence-corrected chi connectivity index (χ3v) is 4.72. The number of halogens is 2. The number of benzene rings is 1. The number of methoxy groups -OCH3 is 1. The lowest BCUT2D eigenvalue weighted by Gasteiger charge is -2.20. The fraction of sp³-hybridized carbons (Fsp3) is 0.429. The van der Waals surface area contributed by atoms with E-state index in [-0.39, 0.29) is 35.8 Å². The summed E-state index contributed by atoms with van der Waals surface area (Å²) in [6.45, 7) is 4.98. The number of aromatic nitrogens is 1. The lowest BCUT2D eigenvalue weighted by molar-refractivity contribution is 0.414. The molecule has 6 nitrogen and oxygen atoms in total. The van der Waals surface area contributed by atoms with Gasteiger partial charge in [0.1, 0.15) is 5.75 Å². The zero-order valence-electron chi connectivity index (χ0n) is 16.9. The summed E-state index contributed by atoms with van der Waals surface area (Å²) in [7, 11) is 1.67. The molecule has 3 rings (SSSR count). The van der Waals surface area contributed by atoms with Gasteiger partial charge in [0.15, 0.2) is 17.6 Å². The summed E-state index contributed by atoms with van der Waals surface area (Å²) in [4.78, 5) is 10.8. The second-order valence-electron chi connectivity index (χ2n) is 6.75. The van der Waals surface area contributed by atoms with Gasteiger partial charge in [0, 0.05) is 38.4 Å². The fourth-order valence-corrected chi connectivity index (χ4v) is 3.32. The molecule has 1 fully saturated rings. The molecule has 0 amide bonds. The van der Waals surface area contributed by atoms with Crippen molar-refractivity contribution in [2.75, 3.05) is 38.2 Å². The first-order chi connectivity index (χ1) is 13.7. The molecule has 0 bridgehead atoms. The molecule has 0 saturated carbocycles. The standard InChI is InChI=1S/C21H28FN5O.HI/c1-3-23-21(25-12-9-16-6-4-7-18(14-16)28-2)26-17-10-13-27(15-17)20-19(22)8-5-11-24-20;/h4-8,11,14,17H,3,9-10,12-13,15H2,1-2H3,(H2,23,25,26);1H. The number of ether oxygens (including phenoxy) is 1. The summed E-state index contributed by atoms with van der Waals surface area (Å²) >= 11 is 0. The molecule has 1 aliphatic heterocycles. The molecule has 1 aliphatic rings. The largest absolute Gasteiger partial charge is 0.497 e. The molecule has 0 radical (unpaired) electrons. The first kappa shape index (κ1) is 23.2. The smallest absolute Gasteiger partial charge is 0.191 e. The number of pyridine rings is 1. The van der Waals surface area contributed by atoms with Crippen molar-refractivity contribution in [3.8, 4) is 5.75 Å². The minimum absolute atomic E-state index is 0. The van der Waals surface area contributed by atoms with Crippen LogP contribution in [0.5, 0.6) is 5.75 Å². The number of hydrogen-bond acceptors (Lipinski definition) is 4. The molecule has 1 unspecified atom stereocenters. The Balaban J connectivity index is 0.00000300. The highest BCUT2D eigenvalue weighted by atomic mass is 127. The van der Waals surface area contributed by atoms with Crippen LogP contribution in [0.15, 0.2) is 47.6 Å². The summed E-state index contributed by atoms with van der Waals surface area (Å²) in [6, 6.07) is 11.3. The number of rotatable bonds is 7. The maximum absolute atomic E-state index is 14.0. The lowest BCUT2D eigenvalue weighted by Crippen LogP contribution is -2.44. The van der Waals surface area contributed by atoms with Gasteiger partial charge in [-0.05, 0) is 49.6 Å². The Kier molecular flexibility index (Phi) is 9.43. The SMILES string of the molecule is CCNC(=NCCc1cccc(OC)c1)NC1CCN(c2ncccc2F)C1.I. The summed E-state index contributed by atoms with van der Waals surface area (Å²) in [5.41, 5.74) is 1.19. The Labute approximate surface area is 189 Å². The molecule has 0 aliphatic carbocycles. The molecule has 158 valence electrons. The van der Waals surface area contributed by atoms with Crippen LogP contribution in [0.1, 0.15) is 18.9 Å².